The summed E-state index contributed by atoms with van der Waals surface area (Å²) in [4.78, 5) is 20.7. The predicted octanol–water partition coefficient (Wildman–Crippen LogP) is 2.44. The summed E-state index contributed by atoms with van der Waals surface area (Å²) >= 11 is 2.87. The fourth-order valence-electron chi connectivity index (χ4n) is 1.15. The molecule has 0 aliphatic carbocycles. The van der Waals surface area contributed by atoms with Gasteiger partial charge in [0.1, 0.15) is 12.1 Å². The van der Waals surface area contributed by atoms with Crippen LogP contribution < -0.4 is 0 Å². The third-order valence-corrected chi connectivity index (χ3v) is 9.35. The molecule has 0 radical (unpaired) electrons. The molecule has 0 aliphatic heterocycles. The summed E-state index contributed by atoms with van der Waals surface area (Å²) in [6.45, 7) is 3.51. The van der Waals surface area contributed by atoms with Crippen LogP contribution in [0.5, 0.6) is 0 Å². The van der Waals surface area contributed by atoms with Gasteiger partial charge >= 0.3 is 5.97 Å². The zero-order valence-corrected chi connectivity index (χ0v) is 13.2. The molecule has 0 bridgehead atoms. The Kier molecular flexibility index (Phi) is 7.85. The van der Waals surface area contributed by atoms with E-state index in [1.165, 1.54) is 0 Å². The molecule has 0 rings (SSSR count). The maximum absolute atomic E-state index is 12.2. The number of hydrogen-bond acceptors (Lipinski definition) is 5. The molecule has 9 heteroatoms. The first-order valence-corrected chi connectivity index (χ1v) is 10.2. The Balaban J connectivity index is 4.73. The first-order valence-electron chi connectivity index (χ1n) is 5.03. The van der Waals surface area contributed by atoms with Gasteiger partial charge in [0.05, 0.1) is 18.3 Å². The normalized spacial score (nSPS) is 18.1. The van der Waals surface area contributed by atoms with Crippen LogP contribution in [0.3, 0.4) is 0 Å². The lowest BCUT2D eigenvalue weighted by atomic mass is 10.8. The van der Waals surface area contributed by atoms with E-state index < -0.39 is 32.8 Å². The van der Waals surface area contributed by atoms with E-state index in [1.54, 1.807) is 13.8 Å². The van der Waals surface area contributed by atoms with Crippen molar-refractivity contribution < 1.29 is 28.1 Å². The molecule has 0 heterocycles. The van der Waals surface area contributed by atoms with Crippen LogP contribution >= 0.6 is 30.7 Å². The summed E-state index contributed by atoms with van der Waals surface area (Å²) in [7, 11) is -7.04. The largest absolute Gasteiger partial charge is 0.466 e. The SMILES string of the molecule is CCOC(=O)CP(=O)(CP(=O)(O)CBr)OCC. The first kappa shape index (κ1) is 17.3. The van der Waals surface area contributed by atoms with Crippen LogP contribution in [0, 0.1) is 0 Å². The van der Waals surface area contributed by atoms with E-state index in [-0.39, 0.29) is 18.3 Å². The second-order valence-electron chi connectivity index (χ2n) is 3.30. The van der Waals surface area contributed by atoms with E-state index >= 15 is 0 Å². The first-order chi connectivity index (χ1) is 7.78. The highest BCUT2D eigenvalue weighted by Crippen LogP contribution is 2.60. The summed E-state index contributed by atoms with van der Waals surface area (Å²) in [5.41, 5.74) is 0. The molecule has 0 aromatic heterocycles. The molecule has 0 aliphatic rings. The predicted molar refractivity (Wildman–Crippen MR) is 69.2 cm³/mol. The van der Waals surface area contributed by atoms with Crippen LogP contribution in [-0.2, 0) is 23.2 Å². The average molecular weight is 351 g/mol. The minimum absolute atomic E-state index is 0.110. The van der Waals surface area contributed by atoms with Crippen molar-refractivity contribution in [3.8, 4) is 0 Å². The molecule has 0 saturated heterocycles. The molecule has 0 fully saturated rings. The highest BCUT2D eigenvalue weighted by Gasteiger charge is 2.35. The van der Waals surface area contributed by atoms with Gasteiger partial charge in [-0.05, 0) is 13.8 Å². The molecule has 2 unspecified atom stereocenters. The van der Waals surface area contributed by atoms with Gasteiger partial charge in [0.2, 0.25) is 14.7 Å². The van der Waals surface area contributed by atoms with Crippen molar-refractivity contribution in [1.29, 1.82) is 0 Å². The summed E-state index contributed by atoms with van der Waals surface area (Å²) in [5, 5.41) is -0.181. The molecule has 6 nitrogen and oxygen atoms in total. The van der Waals surface area contributed by atoms with Gasteiger partial charge in [-0.2, -0.15) is 0 Å². The van der Waals surface area contributed by atoms with E-state index in [0.717, 1.165) is 0 Å². The molecule has 2 atom stereocenters. The van der Waals surface area contributed by atoms with Crippen LogP contribution in [-0.4, -0.2) is 41.2 Å². The monoisotopic (exact) mass is 350 g/mol. The Labute approximate surface area is 109 Å². The smallest absolute Gasteiger partial charge is 0.315 e. The molecule has 0 saturated carbocycles. The van der Waals surface area contributed by atoms with E-state index in [0.29, 0.717) is 0 Å². The van der Waals surface area contributed by atoms with Crippen LogP contribution in [0.2, 0.25) is 0 Å². The second-order valence-corrected chi connectivity index (χ2v) is 10.1. The quantitative estimate of drug-likeness (QED) is 0.410. The lowest BCUT2D eigenvalue weighted by Gasteiger charge is -2.19. The van der Waals surface area contributed by atoms with Gasteiger partial charge in [-0.1, -0.05) is 15.9 Å². The minimum atomic E-state index is -3.58. The number of halogens is 1. The number of esters is 1. The summed E-state index contributed by atoms with van der Waals surface area (Å²) in [6, 6.07) is 0. The zero-order chi connectivity index (χ0) is 13.5. The van der Waals surface area contributed by atoms with Gasteiger partial charge in [0.25, 0.3) is 0 Å². The molecular weight excluding hydrogens is 334 g/mol. The van der Waals surface area contributed by atoms with Crippen LogP contribution in [0.25, 0.3) is 0 Å². The highest BCUT2D eigenvalue weighted by atomic mass is 79.9. The highest BCUT2D eigenvalue weighted by molar-refractivity contribution is 9.10. The van der Waals surface area contributed by atoms with Crippen molar-refractivity contribution in [3.05, 3.63) is 0 Å². The summed E-state index contributed by atoms with van der Waals surface area (Å²) in [5.74, 6) is -1.20. The van der Waals surface area contributed by atoms with E-state index in [9.17, 15) is 18.8 Å². The van der Waals surface area contributed by atoms with Gasteiger partial charge in [0.15, 0.2) is 0 Å². The number of hydrogen-bond donors (Lipinski definition) is 1. The van der Waals surface area contributed by atoms with Crippen LogP contribution in [0.4, 0.5) is 0 Å². The number of rotatable bonds is 8. The standard InChI is InChI=1S/C8H17BrO6P2/c1-3-14-8(10)5-17(13,15-4-2)7-16(11,12)6-9/h3-7H2,1-2H3,(H,11,12). The van der Waals surface area contributed by atoms with Gasteiger partial charge in [0, 0.05) is 0 Å². The van der Waals surface area contributed by atoms with Crippen molar-refractivity contribution >= 4 is 36.6 Å². The van der Waals surface area contributed by atoms with Gasteiger partial charge in [-0.25, -0.2) is 0 Å². The summed E-state index contributed by atoms with van der Waals surface area (Å²) < 4.78 is 33.4. The van der Waals surface area contributed by atoms with Crippen molar-refractivity contribution in [2.24, 2.45) is 0 Å². The molecule has 0 spiro atoms. The summed E-state index contributed by atoms with van der Waals surface area (Å²) in [6.07, 6.45) is -0.466. The number of carbonyl (C=O) groups excluding carboxylic acids is 1. The van der Waals surface area contributed by atoms with Crippen molar-refractivity contribution in [1.82, 2.24) is 0 Å². The third kappa shape index (κ3) is 7.37. The molecular formula is C8H17BrO6P2. The minimum Gasteiger partial charge on any atom is -0.466 e. The maximum Gasteiger partial charge on any atom is 0.315 e. The lowest BCUT2D eigenvalue weighted by Crippen LogP contribution is -2.13. The fourth-order valence-corrected chi connectivity index (χ4v) is 7.35. The molecule has 102 valence electrons. The third-order valence-electron chi connectivity index (χ3n) is 1.66. The molecule has 1 N–H and O–H groups in total. The zero-order valence-electron chi connectivity index (χ0n) is 9.80. The van der Waals surface area contributed by atoms with E-state index in [1.807, 2.05) is 0 Å². The van der Waals surface area contributed by atoms with Crippen molar-refractivity contribution in [2.45, 2.75) is 13.8 Å². The Bertz CT molecular complexity index is 345. The number of ether oxygens (including phenoxy) is 1. The van der Waals surface area contributed by atoms with Crippen molar-refractivity contribution in [3.63, 3.8) is 0 Å². The van der Waals surface area contributed by atoms with E-state index in [4.69, 9.17) is 4.52 Å². The van der Waals surface area contributed by atoms with Crippen molar-refractivity contribution in [2.75, 3.05) is 30.3 Å². The Morgan fingerprint density at radius 3 is 2.29 bits per heavy atom. The Morgan fingerprint density at radius 1 is 1.29 bits per heavy atom. The molecule has 0 amide bonds. The van der Waals surface area contributed by atoms with Crippen LogP contribution in [0.15, 0.2) is 0 Å². The average Bonchev–Trinajstić information content (AvgIpc) is 2.16. The number of alkyl halides is 1. The molecule has 0 aromatic carbocycles. The van der Waals surface area contributed by atoms with Gasteiger partial charge in [-0.3, -0.25) is 13.9 Å². The Morgan fingerprint density at radius 2 is 1.88 bits per heavy atom. The van der Waals surface area contributed by atoms with E-state index in [2.05, 4.69) is 20.7 Å². The lowest BCUT2D eigenvalue weighted by molar-refractivity contribution is -0.140. The van der Waals surface area contributed by atoms with Gasteiger partial charge in [-0.15, -0.1) is 0 Å². The van der Waals surface area contributed by atoms with Gasteiger partial charge < -0.3 is 14.2 Å². The molecule has 0 aromatic rings. The fraction of sp³-hybridized carbons (Fsp3) is 0.875. The Hall–Kier alpha value is 0.330. The maximum atomic E-state index is 12.2. The molecule has 17 heavy (non-hydrogen) atoms. The topological polar surface area (TPSA) is 89.9 Å². The van der Waals surface area contributed by atoms with Crippen LogP contribution in [0.1, 0.15) is 13.8 Å². The second kappa shape index (κ2) is 7.70. The number of carbonyl (C=O) groups is 1.